The third-order valence-corrected chi connectivity index (χ3v) is 6.71. The molecule has 6 heteroatoms. The molecule has 0 radical (unpaired) electrons. The van der Waals surface area contributed by atoms with E-state index in [1.54, 1.807) is 11.0 Å². The standard InChI is InChI=1S/C28H24N2O2S2/c31-26(30(24-16-8-3-9-17-24)21-23-13-6-2-7-14-23)19-20-29-27(32)25(34-28(29)33)18-10-15-22-11-4-1-5-12-22/h1-18H,19-21H2/b15-10+,25-18-. The number of benzene rings is 3. The van der Waals surface area contributed by atoms with Crippen molar-refractivity contribution in [2.45, 2.75) is 13.0 Å². The Bertz CT molecular complexity index is 1210. The Kier molecular flexibility index (Phi) is 8.07. The number of thioether (sulfide) groups is 1. The first-order chi connectivity index (χ1) is 16.6. The highest BCUT2D eigenvalue weighted by Crippen LogP contribution is 2.31. The summed E-state index contributed by atoms with van der Waals surface area (Å²) in [6, 6.07) is 29.3. The third kappa shape index (κ3) is 6.10. The molecule has 0 bridgehead atoms. The van der Waals surface area contributed by atoms with Crippen LogP contribution in [-0.2, 0) is 16.1 Å². The first-order valence-corrected chi connectivity index (χ1v) is 12.2. The van der Waals surface area contributed by atoms with Gasteiger partial charge in [-0.1, -0.05) is 115 Å². The molecule has 0 spiro atoms. The fourth-order valence-electron chi connectivity index (χ4n) is 3.56. The van der Waals surface area contributed by atoms with Crippen molar-refractivity contribution in [2.24, 2.45) is 0 Å². The van der Waals surface area contributed by atoms with Crippen LogP contribution < -0.4 is 4.90 Å². The summed E-state index contributed by atoms with van der Waals surface area (Å²) >= 11 is 6.70. The van der Waals surface area contributed by atoms with E-state index in [2.05, 4.69) is 0 Å². The molecule has 1 heterocycles. The zero-order valence-corrected chi connectivity index (χ0v) is 20.2. The average Bonchev–Trinajstić information content (AvgIpc) is 3.15. The number of thiocarbonyl (C=S) groups is 1. The van der Waals surface area contributed by atoms with Gasteiger partial charge in [0, 0.05) is 18.7 Å². The lowest BCUT2D eigenvalue weighted by molar-refractivity contribution is -0.123. The highest BCUT2D eigenvalue weighted by Gasteiger charge is 2.32. The molecule has 4 nitrogen and oxygen atoms in total. The molecule has 1 fully saturated rings. The number of amides is 2. The van der Waals surface area contributed by atoms with Gasteiger partial charge in [0.15, 0.2) is 0 Å². The summed E-state index contributed by atoms with van der Waals surface area (Å²) in [5.41, 5.74) is 2.92. The van der Waals surface area contributed by atoms with Crippen molar-refractivity contribution in [2.75, 3.05) is 11.4 Å². The van der Waals surface area contributed by atoms with E-state index in [4.69, 9.17) is 12.2 Å². The van der Waals surface area contributed by atoms with Crippen molar-refractivity contribution in [1.29, 1.82) is 0 Å². The van der Waals surface area contributed by atoms with Crippen LogP contribution in [0.5, 0.6) is 0 Å². The van der Waals surface area contributed by atoms with Crippen LogP contribution in [0.1, 0.15) is 17.5 Å². The van der Waals surface area contributed by atoms with Crippen LogP contribution in [0, 0.1) is 0 Å². The molecule has 1 aliphatic rings. The molecule has 0 unspecified atom stereocenters. The van der Waals surface area contributed by atoms with Gasteiger partial charge in [0.25, 0.3) is 5.91 Å². The maximum Gasteiger partial charge on any atom is 0.266 e. The Labute approximate surface area is 209 Å². The van der Waals surface area contributed by atoms with E-state index in [-0.39, 0.29) is 24.8 Å². The Balaban J connectivity index is 1.42. The largest absolute Gasteiger partial charge is 0.308 e. The molecule has 0 aliphatic carbocycles. The minimum atomic E-state index is -0.158. The summed E-state index contributed by atoms with van der Waals surface area (Å²) in [5, 5.41) is 0. The number of hydrogen-bond acceptors (Lipinski definition) is 4. The normalized spacial score (nSPS) is 14.8. The lowest BCUT2D eigenvalue weighted by Gasteiger charge is -2.24. The van der Waals surface area contributed by atoms with Gasteiger partial charge in [0.1, 0.15) is 4.32 Å². The summed E-state index contributed by atoms with van der Waals surface area (Å²) < 4.78 is 0.478. The highest BCUT2D eigenvalue weighted by molar-refractivity contribution is 8.26. The second kappa shape index (κ2) is 11.6. The van der Waals surface area contributed by atoms with E-state index < -0.39 is 0 Å². The van der Waals surface area contributed by atoms with Crippen molar-refractivity contribution in [3.8, 4) is 0 Å². The molecule has 3 aromatic carbocycles. The van der Waals surface area contributed by atoms with Crippen molar-refractivity contribution >= 4 is 51.9 Å². The quantitative estimate of drug-likeness (QED) is 0.288. The molecule has 0 atom stereocenters. The minimum absolute atomic E-state index is 0.0583. The van der Waals surface area contributed by atoms with Gasteiger partial charge < -0.3 is 4.90 Å². The lowest BCUT2D eigenvalue weighted by Crippen LogP contribution is -2.36. The van der Waals surface area contributed by atoms with Gasteiger partial charge in [0.05, 0.1) is 11.4 Å². The highest BCUT2D eigenvalue weighted by atomic mass is 32.2. The summed E-state index contributed by atoms with van der Waals surface area (Å²) in [6.45, 7) is 0.716. The molecule has 170 valence electrons. The van der Waals surface area contributed by atoms with Crippen LogP contribution in [0.2, 0.25) is 0 Å². The molecular formula is C28H24N2O2S2. The Morgan fingerprint density at radius 2 is 1.53 bits per heavy atom. The van der Waals surface area contributed by atoms with Gasteiger partial charge >= 0.3 is 0 Å². The van der Waals surface area contributed by atoms with Gasteiger partial charge in [-0.25, -0.2) is 0 Å². The zero-order chi connectivity index (χ0) is 23.8. The zero-order valence-electron chi connectivity index (χ0n) is 18.5. The molecular weight excluding hydrogens is 460 g/mol. The number of carbonyl (C=O) groups is 2. The molecule has 4 rings (SSSR count). The number of nitrogens with zero attached hydrogens (tertiary/aromatic N) is 2. The Morgan fingerprint density at radius 3 is 2.21 bits per heavy atom. The molecule has 0 N–H and O–H groups in total. The topological polar surface area (TPSA) is 40.6 Å². The van der Waals surface area contributed by atoms with Crippen molar-refractivity contribution in [1.82, 2.24) is 4.90 Å². The van der Waals surface area contributed by atoms with Crippen LogP contribution in [0.3, 0.4) is 0 Å². The van der Waals surface area contributed by atoms with Crippen LogP contribution in [0.4, 0.5) is 5.69 Å². The van der Waals surface area contributed by atoms with Crippen molar-refractivity contribution in [3.63, 3.8) is 0 Å². The number of carbonyl (C=O) groups excluding carboxylic acids is 2. The van der Waals surface area contributed by atoms with Gasteiger partial charge in [-0.05, 0) is 29.3 Å². The monoisotopic (exact) mass is 484 g/mol. The van der Waals surface area contributed by atoms with Crippen LogP contribution in [0.25, 0.3) is 6.08 Å². The van der Waals surface area contributed by atoms with Crippen molar-refractivity contribution < 1.29 is 9.59 Å². The summed E-state index contributed by atoms with van der Waals surface area (Å²) in [4.78, 5) is 30.0. The first-order valence-electron chi connectivity index (χ1n) is 11.0. The molecule has 0 aromatic heterocycles. The summed E-state index contributed by atoms with van der Waals surface area (Å²) in [5.74, 6) is -0.216. The fraction of sp³-hybridized carbons (Fsp3) is 0.107. The third-order valence-electron chi connectivity index (χ3n) is 5.31. The first kappa shape index (κ1) is 23.7. The molecule has 1 saturated heterocycles. The fourth-order valence-corrected chi connectivity index (χ4v) is 4.82. The van der Waals surface area contributed by atoms with Crippen LogP contribution in [-0.4, -0.2) is 27.6 Å². The molecule has 3 aromatic rings. The number of rotatable bonds is 8. The summed E-state index contributed by atoms with van der Waals surface area (Å²) in [7, 11) is 0. The number of para-hydroxylation sites is 1. The number of anilines is 1. The van der Waals surface area contributed by atoms with Crippen molar-refractivity contribution in [3.05, 3.63) is 119 Å². The van der Waals surface area contributed by atoms with Crippen LogP contribution >= 0.6 is 24.0 Å². The predicted molar refractivity (Wildman–Crippen MR) is 144 cm³/mol. The van der Waals surface area contributed by atoms with E-state index in [0.29, 0.717) is 15.8 Å². The van der Waals surface area contributed by atoms with Gasteiger partial charge in [-0.15, -0.1) is 0 Å². The van der Waals surface area contributed by atoms with Gasteiger partial charge in [-0.2, -0.15) is 0 Å². The van der Waals surface area contributed by atoms with Gasteiger partial charge in [-0.3, -0.25) is 14.5 Å². The minimum Gasteiger partial charge on any atom is -0.308 e. The van der Waals surface area contributed by atoms with E-state index >= 15 is 0 Å². The second-order valence-electron chi connectivity index (χ2n) is 7.68. The average molecular weight is 485 g/mol. The summed E-state index contributed by atoms with van der Waals surface area (Å²) in [6.07, 6.45) is 5.75. The predicted octanol–water partition coefficient (Wildman–Crippen LogP) is 6.07. The van der Waals surface area contributed by atoms with E-state index in [0.717, 1.165) is 16.8 Å². The van der Waals surface area contributed by atoms with E-state index in [1.165, 1.54) is 16.7 Å². The van der Waals surface area contributed by atoms with Gasteiger partial charge in [0.2, 0.25) is 5.91 Å². The van der Waals surface area contributed by atoms with E-state index in [9.17, 15) is 9.59 Å². The Hall–Kier alpha value is -3.48. The van der Waals surface area contributed by atoms with Crippen LogP contribution in [0.15, 0.2) is 108 Å². The second-order valence-corrected chi connectivity index (χ2v) is 9.35. The maximum absolute atomic E-state index is 13.2. The molecule has 34 heavy (non-hydrogen) atoms. The molecule has 2 amide bonds. The molecule has 1 aliphatic heterocycles. The smallest absolute Gasteiger partial charge is 0.266 e. The SMILES string of the molecule is O=C1/C(=C/C=C/c2ccccc2)SC(=S)N1CCC(=O)N(Cc1ccccc1)c1ccccc1. The Morgan fingerprint density at radius 1 is 0.912 bits per heavy atom. The lowest BCUT2D eigenvalue weighted by atomic mass is 10.2. The molecule has 0 saturated carbocycles. The van der Waals surface area contributed by atoms with E-state index in [1.807, 2.05) is 103 Å². The maximum atomic E-state index is 13.2. The number of hydrogen-bond donors (Lipinski definition) is 0. The number of allylic oxidation sites excluding steroid dienone is 2.